The Labute approximate surface area is 171 Å². The Morgan fingerprint density at radius 2 is 1.75 bits per heavy atom. The van der Waals surface area contributed by atoms with E-state index in [4.69, 9.17) is 0 Å². The zero-order valence-electron chi connectivity index (χ0n) is 15.6. The lowest BCUT2D eigenvalue weighted by Gasteiger charge is -2.23. The van der Waals surface area contributed by atoms with Gasteiger partial charge in [-0.1, -0.05) is 39.3 Å². The van der Waals surface area contributed by atoms with Crippen LogP contribution < -0.4 is 5.56 Å². The van der Waals surface area contributed by atoms with Crippen LogP contribution in [0.1, 0.15) is 40.6 Å². The first-order valence-corrected chi connectivity index (χ1v) is 9.69. The van der Waals surface area contributed by atoms with Crippen LogP contribution >= 0.6 is 15.9 Å². The number of rotatable bonds is 6. The zero-order valence-corrected chi connectivity index (χ0v) is 17.2. The highest BCUT2D eigenvalue weighted by molar-refractivity contribution is 9.10. The van der Waals surface area contributed by atoms with Crippen LogP contribution in [-0.2, 0) is 7.05 Å². The lowest BCUT2D eigenvalue weighted by atomic mass is 9.83. The maximum absolute atomic E-state index is 13.6. The second kappa shape index (κ2) is 8.61. The van der Waals surface area contributed by atoms with Crippen molar-refractivity contribution in [2.75, 3.05) is 0 Å². The van der Waals surface area contributed by atoms with Crippen LogP contribution in [0.3, 0.4) is 0 Å². The van der Waals surface area contributed by atoms with Gasteiger partial charge in [0.1, 0.15) is 11.9 Å². The third-order valence-corrected chi connectivity index (χ3v) is 5.49. The fraction of sp³-hybridized carbons (Fsp3) is 0.227. The molecular weight excluding hydrogens is 423 g/mol. The average Bonchev–Trinajstić information content (AvgIpc) is 2.67. The highest BCUT2D eigenvalue weighted by atomic mass is 79.9. The summed E-state index contributed by atoms with van der Waals surface area (Å²) in [7, 11) is 1.64. The Hall–Kier alpha value is -2.60. The molecule has 4 nitrogen and oxygen atoms in total. The maximum Gasteiger partial charge on any atom is 0.250 e. The lowest BCUT2D eigenvalue weighted by molar-refractivity contribution is 0.583. The Morgan fingerprint density at radius 1 is 1.07 bits per heavy atom. The van der Waals surface area contributed by atoms with Crippen molar-refractivity contribution in [3.05, 3.63) is 109 Å². The minimum Gasteiger partial charge on any atom is -0.318 e. The molecule has 1 heterocycles. The Kier molecular flexibility index (Phi) is 6.19. The van der Waals surface area contributed by atoms with Gasteiger partial charge in [0, 0.05) is 29.7 Å². The first-order valence-electron chi connectivity index (χ1n) is 8.89. The summed E-state index contributed by atoms with van der Waals surface area (Å²) in [4.78, 5) is 23.4. The molecule has 0 saturated heterocycles. The summed E-state index contributed by atoms with van der Waals surface area (Å²) in [5, 5.41) is 3.34. The van der Waals surface area contributed by atoms with Crippen molar-refractivity contribution < 1.29 is 4.39 Å². The van der Waals surface area contributed by atoms with Gasteiger partial charge in [0.2, 0.25) is 5.56 Å². The second-order valence-corrected chi connectivity index (χ2v) is 7.79. The van der Waals surface area contributed by atoms with E-state index in [0.29, 0.717) is 12.0 Å². The Balaban J connectivity index is 2.04. The number of benzene rings is 2. The summed E-state index contributed by atoms with van der Waals surface area (Å²) < 4.78 is 16.0. The average molecular weight is 443 g/mol. The molecule has 0 amide bonds. The molecule has 0 radical (unpaired) electrons. The molecule has 6 heteroatoms. The van der Waals surface area contributed by atoms with Gasteiger partial charge in [-0.2, -0.15) is 4.91 Å². The predicted octanol–water partition coefficient (Wildman–Crippen LogP) is 5.63. The molecule has 1 unspecified atom stereocenters. The molecule has 2 aromatic carbocycles. The maximum atomic E-state index is 13.6. The van der Waals surface area contributed by atoms with Gasteiger partial charge < -0.3 is 4.57 Å². The van der Waals surface area contributed by atoms with Crippen molar-refractivity contribution in [1.29, 1.82) is 0 Å². The van der Waals surface area contributed by atoms with Crippen LogP contribution in [0.2, 0.25) is 0 Å². The molecule has 0 bridgehead atoms. The van der Waals surface area contributed by atoms with Gasteiger partial charge in [0.15, 0.2) is 0 Å². The fourth-order valence-electron chi connectivity index (χ4n) is 3.44. The van der Waals surface area contributed by atoms with Crippen LogP contribution in [0.15, 0.2) is 75.2 Å². The monoisotopic (exact) mass is 442 g/mol. The predicted molar refractivity (Wildman–Crippen MR) is 112 cm³/mol. The normalized spacial score (nSPS) is 13.1. The number of hydrogen-bond donors (Lipinski definition) is 0. The molecule has 1 aromatic heterocycles. The molecule has 0 N–H and O–H groups in total. The smallest absolute Gasteiger partial charge is 0.250 e. The van der Waals surface area contributed by atoms with E-state index in [1.165, 1.54) is 22.8 Å². The van der Waals surface area contributed by atoms with Crippen molar-refractivity contribution in [2.45, 2.75) is 25.3 Å². The summed E-state index contributed by atoms with van der Waals surface area (Å²) in [6, 6.07) is 15.0. The van der Waals surface area contributed by atoms with E-state index in [-0.39, 0.29) is 17.3 Å². The van der Waals surface area contributed by atoms with Crippen molar-refractivity contribution in [2.24, 2.45) is 12.2 Å². The first-order chi connectivity index (χ1) is 13.4. The minimum absolute atomic E-state index is 0.145. The SMILES string of the molecule is Cc1cc(F)ccc1[C@@H](CC(N=O)c1ccc(=O)n(C)c1)c1ccc(Br)cc1. The quantitative estimate of drug-likeness (QED) is 0.464. The Morgan fingerprint density at radius 3 is 2.36 bits per heavy atom. The van der Waals surface area contributed by atoms with E-state index in [9.17, 15) is 14.1 Å². The number of aromatic nitrogens is 1. The summed E-state index contributed by atoms with van der Waals surface area (Å²) in [5.74, 6) is -0.437. The number of nitrogens with zero attached hydrogens (tertiary/aromatic N) is 2. The van der Waals surface area contributed by atoms with Gasteiger partial charge >= 0.3 is 0 Å². The van der Waals surface area contributed by atoms with E-state index < -0.39 is 6.04 Å². The number of aryl methyl sites for hydroxylation is 2. The molecule has 2 atom stereocenters. The van der Waals surface area contributed by atoms with Gasteiger partial charge in [0.25, 0.3) is 0 Å². The van der Waals surface area contributed by atoms with E-state index >= 15 is 0 Å². The highest BCUT2D eigenvalue weighted by Crippen LogP contribution is 2.37. The molecule has 0 spiro atoms. The van der Waals surface area contributed by atoms with Crippen LogP contribution in [0.25, 0.3) is 0 Å². The van der Waals surface area contributed by atoms with Crippen molar-refractivity contribution in [1.82, 2.24) is 4.57 Å². The van der Waals surface area contributed by atoms with Gasteiger partial charge in [-0.3, -0.25) is 4.79 Å². The van der Waals surface area contributed by atoms with E-state index in [2.05, 4.69) is 21.1 Å². The number of hydrogen-bond acceptors (Lipinski definition) is 3. The Bertz CT molecular complexity index is 1050. The van der Waals surface area contributed by atoms with Crippen LogP contribution in [0, 0.1) is 17.6 Å². The van der Waals surface area contributed by atoms with Crippen molar-refractivity contribution in [3.63, 3.8) is 0 Å². The molecule has 3 rings (SSSR count). The highest BCUT2D eigenvalue weighted by Gasteiger charge is 2.24. The number of nitroso groups, excluding NO2 is 1. The van der Waals surface area contributed by atoms with Gasteiger partial charge in [-0.05, 0) is 65.9 Å². The lowest BCUT2D eigenvalue weighted by Crippen LogP contribution is -2.16. The molecule has 0 aliphatic rings. The molecule has 0 aliphatic heterocycles. The van der Waals surface area contributed by atoms with Gasteiger partial charge in [-0.15, -0.1) is 0 Å². The van der Waals surface area contributed by atoms with Crippen molar-refractivity contribution >= 4 is 15.9 Å². The van der Waals surface area contributed by atoms with E-state index in [1.54, 1.807) is 25.4 Å². The van der Waals surface area contributed by atoms with Crippen LogP contribution in [-0.4, -0.2) is 4.57 Å². The standard InChI is InChI=1S/C22H20BrFN2O2/c1-14-11-18(24)8-9-19(14)20(15-3-6-17(23)7-4-15)12-21(25-28)16-5-10-22(27)26(2)13-16/h3-11,13,20-21H,12H2,1-2H3/t20-,21?/m0/s1. The summed E-state index contributed by atoms with van der Waals surface area (Å²) in [6.07, 6.45) is 2.06. The fourth-order valence-corrected chi connectivity index (χ4v) is 3.71. The van der Waals surface area contributed by atoms with E-state index in [1.807, 2.05) is 31.2 Å². The zero-order chi connectivity index (χ0) is 20.3. The number of halogens is 2. The number of pyridine rings is 1. The van der Waals surface area contributed by atoms with Crippen LogP contribution in [0.4, 0.5) is 4.39 Å². The molecule has 0 saturated carbocycles. The molecule has 0 aliphatic carbocycles. The summed E-state index contributed by atoms with van der Waals surface area (Å²) in [5.41, 5.74) is 3.31. The van der Waals surface area contributed by atoms with Gasteiger partial charge in [-0.25, -0.2) is 4.39 Å². The third-order valence-electron chi connectivity index (χ3n) is 4.96. The molecular formula is C22H20BrFN2O2. The van der Waals surface area contributed by atoms with Crippen LogP contribution in [0.5, 0.6) is 0 Å². The second-order valence-electron chi connectivity index (χ2n) is 6.87. The van der Waals surface area contributed by atoms with Gasteiger partial charge in [0.05, 0.1) is 0 Å². The first kappa shape index (κ1) is 20.1. The molecule has 144 valence electrons. The topological polar surface area (TPSA) is 51.4 Å². The van der Waals surface area contributed by atoms with Crippen molar-refractivity contribution in [3.8, 4) is 0 Å². The largest absolute Gasteiger partial charge is 0.318 e. The minimum atomic E-state index is -0.634. The van der Waals surface area contributed by atoms with E-state index in [0.717, 1.165) is 21.2 Å². The molecule has 0 fully saturated rings. The summed E-state index contributed by atoms with van der Waals surface area (Å²) in [6.45, 7) is 1.86. The molecule has 28 heavy (non-hydrogen) atoms. The summed E-state index contributed by atoms with van der Waals surface area (Å²) >= 11 is 3.44. The molecule has 3 aromatic rings. The third kappa shape index (κ3) is 4.44.